The average molecular weight is 272 g/mol. The fourth-order valence-electron chi connectivity index (χ4n) is 1.92. The Balaban J connectivity index is 1.88. The number of tetrazole rings is 1. The molecule has 3 rings (SSSR count). The van der Waals surface area contributed by atoms with E-state index in [2.05, 4.69) is 26.2 Å². The predicted molar refractivity (Wildman–Crippen MR) is 70.4 cm³/mol. The molecule has 1 aromatic heterocycles. The van der Waals surface area contributed by atoms with E-state index in [-0.39, 0.29) is 5.91 Å². The van der Waals surface area contributed by atoms with Gasteiger partial charge in [-0.15, -0.1) is 5.10 Å². The van der Waals surface area contributed by atoms with Crippen molar-refractivity contribution in [2.75, 3.05) is 19.0 Å². The summed E-state index contributed by atoms with van der Waals surface area (Å²) in [5, 5.41) is 16.9. The minimum atomic E-state index is -0.0928. The Kier molecular flexibility index (Phi) is 3.04. The number of methoxy groups -OCH3 is 1. The minimum absolute atomic E-state index is 0.0928. The number of anilines is 1. The van der Waals surface area contributed by atoms with Crippen molar-refractivity contribution in [3.05, 3.63) is 36.3 Å². The van der Waals surface area contributed by atoms with Crippen LogP contribution in [0.15, 0.2) is 36.3 Å². The maximum Gasteiger partial charge on any atom is 0.246 e. The molecule has 102 valence electrons. The molecular weight excluding hydrogens is 260 g/mol. The lowest BCUT2D eigenvalue weighted by Gasteiger charge is -2.11. The number of aromatic nitrogens is 4. The van der Waals surface area contributed by atoms with Gasteiger partial charge in [0.2, 0.25) is 5.91 Å². The highest BCUT2D eigenvalue weighted by atomic mass is 16.5. The van der Waals surface area contributed by atoms with Crippen LogP contribution in [0.2, 0.25) is 0 Å². The average Bonchev–Trinajstić information content (AvgIpc) is 3.10. The molecule has 0 spiro atoms. The van der Waals surface area contributed by atoms with Gasteiger partial charge in [-0.1, -0.05) is 0 Å². The van der Waals surface area contributed by atoms with E-state index >= 15 is 0 Å². The Morgan fingerprint density at radius 3 is 3.00 bits per heavy atom. The van der Waals surface area contributed by atoms with Crippen LogP contribution in [0.5, 0.6) is 5.75 Å². The number of carbonyl (C=O) groups excluding carboxylic acids is 1. The zero-order chi connectivity index (χ0) is 13.9. The quantitative estimate of drug-likeness (QED) is 0.819. The van der Waals surface area contributed by atoms with E-state index in [1.807, 2.05) is 18.2 Å². The lowest BCUT2D eigenvalue weighted by Crippen LogP contribution is -2.16. The number of hydrogen-bond donors (Lipinski definition) is 2. The van der Waals surface area contributed by atoms with E-state index in [0.717, 1.165) is 17.1 Å². The lowest BCUT2D eigenvalue weighted by atomic mass is 10.2. The number of carbonyl (C=O) groups is 1. The van der Waals surface area contributed by atoms with E-state index in [1.54, 1.807) is 7.11 Å². The highest BCUT2D eigenvalue weighted by Crippen LogP contribution is 2.26. The molecule has 0 radical (unpaired) electrons. The summed E-state index contributed by atoms with van der Waals surface area (Å²) in [4.78, 5) is 11.1. The zero-order valence-corrected chi connectivity index (χ0v) is 10.7. The molecule has 1 amide bonds. The molecule has 0 bridgehead atoms. The van der Waals surface area contributed by atoms with Gasteiger partial charge in [0.1, 0.15) is 17.8 Å². The van der Waals surface area contributed by atoms with Crippen LogP contribution in [0.25, 0.3) is 5.69 Å². The van der Waals surface area contributed by atoms with Gasteiger partial charge < -0.3 is 15.4 Å². The van der Waals surface area contributed by atoms with Gasteiger partial charge in [-0.3, -0.25) is 4.79 Å². The molecule has 0 unspecified atom stereocenters. The van der Waals surface area contributed by atoms with Gasteiger partial charge in [-0.25, -0.2) is 0 Å². The van der Waals surface area contributed by atoms with Crippen molar-refractivity contribution in [2.45, 2.75) is 0 Å². The first-order valence-electron chi connectivity index (χ1n) is 5.93. The number of nitrogens with one attached hydrogen (secondary N) is 2. The van der Waals surface area contributed by atoms with Crippen molar-refractivity contribution in [1.29, 1.82) is 0 Å². The maximum atomic E-state index is 11.1. The molecule has 8 nitrogen and oxygen atoms in total. The molecule has 0 atom stereocenters. The van der Waals surface area contributed by atoms with Crippen molar-refractivity contribution in [3.8, 4) is 11.4 Å². The van der Waals surface area contributed by atoms with Gasteiger partial charge in [0.05, 0.1) is 13.7 Å². The molecule has 1 aliphatic heterocycles. The molecule has 20 heavy (non-hydrogen) atoms. The van der Waals surface area contributed by atoms with Crippen molar-refractivity contribution < 1.29 is 9.53 Å². The van der Waals surface area contributed by atoms with Gasteiger partial charge in [-0.2, -0.15) is 4.68 Å². The van der Waals surface area contributed by atoms with Crippen LogP contribution in [-0.2, 0) is 4.79 Å². The van der Waals surface area contributed by atoms with Crippen LogP contribution in [0.3, 0.4) is 0 Å². The van der Waals surface area contributed by atoms with Gasteiger partial charge in [0.25, 0.3) is 0 Å². The monoisotopic (exact) mass is 272 g/mol. The van der Waals surface area contributed by atoms with E-state index in [0.29, 0.717) is 12.3 Å². The molecule has 0 aliphatic carbocycles. The fourth-order valence-corrected chi connectivity index (χ4v) is 1.92. The predicted octanol–water partition coefficient (Wildman–Crippen LogP) is 0.0965. The van der Waals surface area contributed by atoms with Crippen LogP contribution in [0, 0.1) is 0 Å². The number of nitrogens with zero attached hydrogens (tertiary/aromatic N) is 4. The summed E-state index contributed by atoms with van der Waals surface area (Å²) in [6.45, 7) is 0.496. The largest absolute Gasteiger partial charge is 0.494 e. The third-order valence-corrected chi connectivity index (χ3v) is 2.84. The summed E-state index contributed by atoms with van der Waals surface area (Å²) < 4.78 is 6.85. The molecule has 8 heteroatoms. The molecule has 1 aromatic carbocycles. The van der Waals surface area contributed by atoms with Crippen LogP contribution in [0.4, 0.5) is 5.69 Å². The smallest absolute Gasteiger partial charge is 0.246 e. The molecule has 0 saturated heterocycles. The highest BCUT2D eigenvalue weighted by molar-refractivity contribution is 5.91. The summed E-state index contributed by atoms with van der Waals surface area (Å²) in [5.74, 6) is 0.532. The van der Waals surface area contributed by atoms with E-state index < -0.39 is 0 Å². The summed E-state index contributed by atoms with van der Waals surface area (Å²) in [5.41, 5.74) is 2.37. The number of amides is 1. The van der Waals surface area contributed by atoms with Crippen molar-refractivity contribution in [3.63, 3.8) is 0 Å². The number of rotatable bonds is 4. The van der Waals surface area contributed by atoms with Crippen LogP contribution in [-0.4, -0.2) is 39.8 Å². The molecule has 2 aromatic rings. The Hall–Kier alpha value is -2.90. The summed E-state index contributed by atoms with van der Waals surface area (Å²) in [6, 6.07) is 5.52. The summed E-state index contributed by atoms with van der Waals surface area (Å²) in [6.07, 6.45) is 3.02. The van der Waals surface area contributed by atoms with Crippen molar-refractivity contribution >= 4 is 11.6 Å². The van der Waals surface area contributed by atoms with Crippen LogP contribution < -0.4 is 15.4 Å². The molecule has 0 saturated carbocycles. The molecule has 2 N–H and O–H groups in total. The standard InChI is InChI=1S/C12H12N6O2/c1-20-11-4-8(15-9-5-12(19)13-6-9)2-3-10(11)18-7-14-16-17-18/h2-5,7,15H,6H2,1H3,(H,13,19). The number of hydrogen-bond acceptors (Lipinski definition) is 6. The second-order valence-corrected chi connectivity index (χ2v) is 4.15. The first-order valence-corrected chi connectivity index (χ1v) is 5.93. The normalized spacial score (nSPS) is 13.8. The SMILES string of the molecule is COc1cc(NC2=CC(=O)NC2)ccc1-n1cnnn1. The molecule has 0 fully saturated rings. The lowest BCUT2D eigenvalue weighted by molar-refractivity contribution is -0.115. The number of ether oxygens (including phenoxy) is 1. The first kappa shape index (κ1) is 12.2. The highest BCUT2D eigenvalue weighted by Gasteiger charge is 2.12. The first-order chi connectivity index (χ1) is 9.76. The zero-order valence-electron chi connectivity index (χ0n) is 10.7. The third kappa shape index (κ3) is 2.30. The number of benzene rings is 1. The minimum Gasteiger partial charge on any atom is -0.494 e. The maximum absolute atomic E-state index is 11.1. The second kappa shape index (κ2) is 5.00. The molecular formula is C12H12N6O2. The second-order valence-electron chi connectivity index (χ2n) is 4.15. The molecule has 2 heterocycles. The Morgan fingerprint density at radius 2 is 2.35 bits per heavy atom. The Morgan fingerprint density at radius 1 is 1.45 bits per heavy atom. The van der Waals surface area contributed by atoms with E-state index in [9.17, 15) is 4.79 Å². The fraction of sp³-hybridized carbons (Fsp3) is 0.167. The van der Waals surface area contributed by atoms with Gasteiger partial charge >= 0.3 is 0 Å². The van der Waals surface area contributed by atoms with E-state index in [1.165, 1.54) is 17.1 Å². The summed E-state index contributed by atoms with van der Waals surface area (Å²) >= 11 is 0. The van der Waals surface area contributed by atoms with E-state index in [4.69, 9.17) is 4.74 Å². The van der Waals surface area contributed by atoms with Crippen molar-refractivity contribution in [1.82, 2.24) is 25.5 Å². The van der Waals surface area contributed by atoms with Gasteiger partial charge in [0.15, 0.2) is 0 Å². The van der Waals surface area contributed by atoms with Crippen molar-refractivity contribution in [2.24, 2.45) is 0 Å². The van der Waals surface area contributed by atoms with Crippen LogP contribution >= 0.6 is 0 Å². The Bertz CT molecular complexity index is 665. The molecule has 1 aliphatic rings. The topological polar surface area (TPSA) is 94.0 Å². The summed E-state index contributed by atoms with van der Waals surface area (Å²) in [7, 11) is 1.58. The third-order valence-electron chi connectivity index (χ3n) is 2.84. The van der Waals surface area contributed by atoms with Gasteiger partial charge in [-0.05, 0) is 22.6 Å². The van der Waals surface area contributed by atoms with Gasteiger partial charge in [0, 0.05) is 23.5 Å². The van der Waals surface area contributed by atoms with Crippen LogP contribution in [0.1, 0.15) is 0 Å². The Labute approximate surface area is 114 Å².